The van der Waals surface area contributed by atoms with Gasteiger partial charge in [-0.1, -0.05) is 5.92 Å². The number of carbonyl (C=O) groups is 2. The predicted molar refractivity (Wildman–Crippen MR) is 99.3 cm³/mol. The largest absolute Gasteiger partial charge is 0.481 e. The van der Waals surface area contributed by atoms with Crippen LogP contribution in [-0.2, 0) is 14.8 Å². The van der Waals surface area contributed by atoms with E-state index in [1.807, 2.05) is 0 Å². The van der Waals surface area contributed by atoms with E-state index in [0.717, 1.165) is 0 Å². The first kappa shape index (κ1) is 23.2. The molecule has 5 N–H and O–H groups in total. The van der Waals surface area contributed by atoms with Gasteiger partial charge in [0.1, 0.15) is 18.4 Å². The predicted octanol–water partition coefficient (Wildman–Crippen LogP) is 0.679. The summed E-state index contributed by atoms with van der Waals surface area (Å²) in [4.78, 5) is 22.1. The van der Waals surface area contributed by atoms with E-state index in [1.165, 1.54) is 29.7 Å². The zero-order chi connectivity index (χ0) is 21.0. The van der Waals surface area contributed by atoms with Crippen LogP contribution in [0.1, 0.15) is 26.2 Å². The Bertz CT molecular complexity index is 813. The Hall–Kier alpha value is -2.81. The Morgan fingerprint density at radius 3 is 2.46 bits per heavy atom. The third-order valence-corrected chi connectivity index (χ3v) is 5.03. The lowest BCUT2D eigenvalue weighted by atomic mass is 10.1. The van der Waals surface area contributed by atoms with Gasteiger partial charge < -0.3 is 15.2 Å². The van der Waals surface area contributed by atoms with Gasteiger partial charge in [0.25, 0.3) is 5.91 Å². The molecule has 0 spiro atoms. The number of carboxylic acid groups (broad SMARTS) is 1. The average Bonchev–Trinajstić information content (AvgIpc) is 2.66. The molecule has 0 radical (unpaired) electrons. The molecular weight excluding hydrogens is 390 g/mol. The molecule has 0 aliphatic rings. The number of rotatable bonds is 11. The van der Waals surface area contributed by atoms with Crippen molar-refractivity contribution >= 4 is 22.0 Å². The summed E-state index contributed by atoms with van der Waals surface area (Å²) in [5, 5.41) is 19.5. The zero-order valence-corrected chi connectivity index (χ0v) is 16.1. The Labute approximate surface area is 163 Å². The van der Waals surface area contributed by atoms with E-state index < -0.39 is 28.1 Å². The van der Waals surface area contributed by atoms with Crippen molar-refractivity contribution in [2.75, 3.05) is 13.2 Å². The summed E-state index contributed by atoms with van der Waals surface area (Å²) in [6.07, 6.45) is -0.342. The number of sulfonamides is 1. The second-order valence-corrected chi connectivity index (χ2v) is 7.28. The molecular formula is C17H23N3O7S. The number of unbranched alkanes of at least 4 members (excludes halogenated alkanes) is 1. The fraction of sp³-hybridized carbons (Fsp3) is 0.412. The lowest BCUT2D eigenvalue weighted by Gasteiger charge is -2.17. The van der Waals surface area contributed by atoms with Crippen LogP contribution in [0.15, 0.2) is 29.2 Å². The summed E-state index contributed by atoms with van der Waals surface area (Å²) in [6.45, 7) is 2.02. The molecule has 0 heterocycles. The van der Waals surface area contributed by atoms with E-state index >= 15 is 0 Å². The molecule has 0 saturated heterocycles. The molecule has 1 aromatic carbocycles. The highest BCUT2D eigenvalue weighted by Crippen LogP contribution is 2.17. The van der Waals surface area contributed by atoms with Gasteiger partial charge in [-0.05, 0) is 50.5 Å². The standard InChI is InChI=1S/C17H23N3O7S/c1-2-3-12-27-13-7-9-14(10-8-13)28(25,26)20-15(16(21)19-24)6-4-5-11-18-17(22)23/h7-10,15,18,20,24H,4-6,11-12H2,1H3,(H,19,21)(H,22,23)/t15-/m1/s1. The quantitative estimate of drug-likeness (QED) is 0.155. The Balaban J connectivity index is 2.72. The van der Waals surface area contributed by atoms with E-state index in [1.54, 1.807) is 6.92 Å². The molecule has 28 heavy (non-hydrogen) atoms. The minimum absolute atomic E-state index is 0.0732. The van der Waals surface area contributed by atoms with Gasteiger partial charge in [-0.2, -0.15) is 4.72 Å². The van der Waals surface area contributed by atoms with Gasteiger partial charge in [0.2, 0.25) is 10.0 Å². The lowest BCUT2D eigenvalue weighted by molar-refractivity contribution is -0.131. The molecule has 1 rings (SSSR count). The molecule has 1 atom stereocenters. The number of nitrogens with one attached hydrogen (secondary N) is 3. The van der Waals surface area contributed by atoms with Crippen LogP contribution < -0.4 is 20.3 Å². The van der Waals surface area contributed by atoms with Crippen molar-refractivity contribution < 1.29 is 33.1 Å². The second-order valence-electron chi connectivity index (χ2n) is 5.56. The van der Waals surface area contributed by atoms with Crippen molar-refractivity contribution in [1.82, 2.24) is 15.5 Å². The summed E-state index contributed by atoms with van der Waals surface area (Å²) in [7, 11) is -4.03. The van der Waals surface area contributed by atoms with E-state index in [4.69, 9.17) is 15.1 Å². The molecule has 0 aliphatic carbocycles. The molecule has 0 unspecified atom stereocenters. The first-order chi connectivity index (χ1) is 13.3. The van der Waals surface area contributed by atoms with Crippen LogP contribution in [0, 0.1) is 11.8 Å². The van der Waals surface area contributed by atoms with Crippen molar-refractivity contribution in [3.05, 3.63) is 24.3 Å². The summed E-state index contributed by atoms with van der Waals surface area (Å²) in [6, 6.07) is 4.36. The van der Waals surface area contributed by atoms with Crippen molar-refractivity contribution in [1.29, 1.82) is 0 Å². The number of hydrogen-bond acceptors (Lipinski definition) is 6. The fourth-order valence-corrected chi connectivity index (χ4v) is 3.38. The van der Waals surface area contributed by atoms with Gasteiger partial charge in [-0.3, -0.25) is 10.0 Å². The molecule has 11 heteroatoms. The van der Waals surface area contributed by atoms with Crippen LogP contribution in [0.2, 0.25) is 0 Å². The normalized spacial score (nSPS) is 11.6. The molecule has 1 aromatic rings. The topological polar surface area (TPSA) is 154 Å². The van der Waals surface area contributed by atoms with Crippen LogP contribution in [-0.4, -0.2) is 49.9 Å². The highest BCUT2D eigenvalue weighted by molar-refractivity contribution is 7.89. The maximum Gasteiger partial charge on any atom is 0.404 e. The number of hydrogen-bond donors (Lipinski definition) is 5. The minimum Gasteiger partial charge on any atom is -0.481 e. The smallest absolute Gasteiger partial charge is 0.404 e. The van der Waals surface area contributed by atoms with Crippen LogP contribution in [0.5, 0.6) is 5.75 Å². The third-order valence-electron chi connectivity index (χ3n) is 3.54. The van der Waals surface area contributed by atoms with Gasteiger partial charge in [0.15, 0.2) is 0 Å². The number of carbonyl (C=O) groups excluding carboxylic acids is 1. The number of amides is 2. The first-order valence-electron chi connectivity index (χ1n) is 8.35. The molecule has 10 nitrogen and oxygen atoms in total. The average molecular weight is 413 g/mol. The van der Waals surface area contributed by atoms with E-state index in [0.29, 0.717) is 18.6 Å². The Kier molecular flexibility index (Phi) is 9.80. The Morgan fingerprint density at radius 1 is 1.21 bits per heavy atom. The fourth-order valence-electron chi connectivity index (χ4n) is 2.15. The van der Waals surface area contributed by atoms with Gasteiger partial charge in [0.05, 0.1) is 4.90 Å². The second kappa shape index (κ2) is 11.8. The van der Waals surface area contributed by atoms with Crippen molar-refractivity contribution in [3.8, 4) is 17.6 Å². The van der Waals surface area contributed by atoms with Crippen molar-refractivity contribution in [3.63, 3.8) is 0 Å². The van der Waals surface area contributed by atoms with Gasteiger partial charge in [0, 0.05) is 6.54 Å². The van der Waals surface area contributed by atoms with Gasteiger partial charge >= 0.3 is 6.09 Å². The highest BCUT2D eigenvalue weighted by Gasteiger charge is 2.25. The molecule has 154 valence electrons. The van der Waals surface area contributed by atoms with Crippen LogP contribution in [0.4, 0.5) is 4.79 Å². The summed E-state index contributed by atoms with van der Waals surface area (Å²) < 4.78 is 32.5. The van der Waals surface area contributed by atoms with E-state index in [-0.39, 0.29) is 24.5 Å². The zero-order valence-electron chi connectivity index (χ0n) is 15.3. The van der Waals surface area contributed by atoms with E-state index in [9.17, 15) is 18.0 Å². The van der Waals surface area contributed by atoms with Gasteiger partial charge in [-0.15, -0.1) is 5.92 Å². The van der Waals surface area contributed by atoms with Crippen molar-refractivity contribution in [2.45, 2.75) is 37.1 Å². The maximum atomic E-state index is 12.5. The number of hydroxylamine groups is 1. The summed E-state index contributed by atoms with van der Waals surface area (Å²) >= 11 is 0. The monoisotopic (exact) mass is 413 g/mol. The molecule has 0 aromatic heterocycles. The SMILES string of the molecule is CC#CCOc1ccc(S(=O)(=O)N[C@H](CCCCNC(=O)O)C(=O)NO)cc1. The number of ether oxygens (including phenoxy) is 1. The molecule has 0 fully saturated rings. The Morgan fingerprint density at radius 2 is 1.89 bits per heavy atom. The van der Waals surface area contributed by atoms with Crippen LogP contribution >= 0.6 is 0 Å². The maximum absolute atomic E-state index is 12.5. The molecule has 2 amide bonds. The molecule has 0 bridgehead atoms. The summed E-state index contributed by atoms with van der Waals surface area (Å²) in [5.41, 5.74) is 1.43. The van der Waals surface area contributed by atoms with Crippen LogP contribution in [0.25, 0.3) is 0 Å². The number of benzene rings is 1. The molecule has 0 saturated carbocycles. The lowest BCUT2D eigenvalue weighted by Crippen LogP contribution is -2.45. The highest BCUT2D eigenvalue weighted by atomic mass is 32.2. The molecule has 0 aliphatic heterocycles. The third kappa shape index (κ3) is 8.26. The first-order valence-corrected chi connectivity index (χ1v) is 9.84. The minimum atomic E-state index is -4.03. The van der Waals surface area contributed by atoms with Crippen molar-refractivity contribution in [2.24, 2.45) is 0 Å². The van der Waals surface area contributed by atoms with Crippen LogP contribution in [0.3, 0.4) is 0 Å². The summed E-state index contributed by atoms with van der Waals surface area (Å²) in [5.74, 6) is 4.92. The van der Waals surface area contributed by atoms with E-state index in [2.05, 4.69) is 21.9 Å². The van der Waals surface area contributed by atoms with Gasteiger partial charge in [-0.25, -0.2) is 18.7 Å².